The summed E-state index contributed by atoms with van der Waals surface area (Å²) in [6.45, 7) is 2.55. The van der Waals surface area contributed by atoms with E-state index < -0.39 is 0 Å². The van der Waals surface area contributed by atoms with Gasteiger partial charge < -0.3 is 10.1 Å². The lowest BCUT2D eigenvalue weighted by Crippen LogP contribution is -2.54. The van der Waals surface area contributed by atoms with Crippen LogP contribution in [0.5, 0.6) is 0 Å². The van der Waals surface area contributed by atoms with Crippen molar-refractivity contribution >= 4 is 6.09 Å². The molecule has 7 rings (SSSR count). The topological polar surface area (TPSA) is 80.2 Å². The number of nitrogens with one attached hydrogen (secondary N) is 1. The van der Waals surface area contributed by atoms with Crippen molar-refractivity contribution in [2.45, 2.75) is 94.5 Å². The summed E-state index contributed by atoms with van der Waals surface area (Å²) >= 11 is 0. The predicted molar refractivity (Wildman–Crippen MR) is 139 cm³/mol. The van der Waals surface area contributed by atoms with Gasteiger partial charge in [-0.25, -0.2) is 14.8 Å². The van der Waals surface area contributed by atoms with E-state index in [4.69, 9.17) is 14.7 Å². The monoisotopic (exact) mass is 489 g/mol. The first-order valence-electron chi connectivity index (χ1n) is 14.2. The molecule has 3 aliphatic heterocycles. The molecule has 2 aromatic rings. The summed E-state index contributed by atoms with van der Waals surface area (Å²) in [6.07, 6.45) is 16.6. The number of fused-ring (bicyclic) bond motifs is 3. The van der Waals surface area contributed by atoms with Crippen LogP contribution in [0.25, 0.3) is 11.4 Å². The maximum Gasteiger partial charge on any atom is 0.407 e. The maximum atomic E-state index is 12.4. The zero-order chi connectivity index (χ0) is 24.3. The van der Waals surface area contributed by atoms with Gasteiger partial charge in [0.05, 0.1) is 0 Å². The molecule has 0 aromatic carbocycles. The van der Waals surface area contributed by atoms with E-state index in [1.165, 1.54) is 62.8 Å². The number of hydrogen-bond acceptors (Lipinski definition) is 6. The van der Waals surface area contributed by atoms with Crippen molar-refractivity contribution in [1.82, 2.24) is 25.2 Å². The Morgan fingerprint density at radius 2 is 1.72 bits per heavy atom. The number of pyridine rings is 1. The third-order valence-electron chi connectivity index (χ3n) is 9.07. The van der Waals surface area contributed by atoms with Gasteiger partial charge in [-0.3, -0.25) is 9.88 Å². The number of aromatic nitrogens is 3. The second-order valence-corrected chi connectivity index (χ2v) is 11.4. The SMILES string of the molecule is O=C(NC1CCCCC1)OCC1CC2CCN1CC2c1cc(C2CCCC2)nc(-c2ccncc2)n1. The molecule has 192 valence electrons. The highest BCUT2D eigenvalue weighted by atomic mass is 16.5. The summed E-state index contributed by atoms with van der Waals surface area (Å²) in [5.74, 6) is 2.38. The highest BCUT2D eigenvalue weighted by molar-refractivity contribution is 5.67. The molecular weight excluding hydrogens is 450 g/mol. The van der Waals surface area contributed by atoms with Gasteiger partial charge in [0.25, 0.3) is 0 Å². The molecule has 7 heteroatoms. The minimum absolute atomic E-state index is 0.236. The molecule has 4 atom stereocenters. The fourth-order valence-corrected chi connectivity index (χ4v) is 7.01. The van der Waals surface area contributed by atoms with Gasteiger partial charge in [0, 0.05) is 59.8 Å². The average molecular weight is 490 g/mol. The van der Waals surface area contributed by atoms with Crippen molar-refractivity contribution in [3.05, 3.63) is 42.0 Å². The third kappa shape index (κ3) is 5.26. The van der Waals surface area contributed by atoms with Gasteiger partial charge in [0.1, 0.15) is 6.61 Å². The number of ether oxygens (including phenoxy) is 1. The Hall–Kier alpha value is -2.54. The molecule has 3 saturated heterocycles. The average Bonchev–Trinajstić information content (AvgIpc) is 3.48. The van der Waals surface area contributed by atoms with Crippen LogP contribution in [-0.2, 0) is 4.74 Å². The molecule has 1 amide bonds. The zero-order valence-corrected chi connectivity index (χ0v) is 21.3. The lowest BCUT2D eigenvalue weighted by molar-refractivity contribution is -0.00401. The summed E-state index contributed by atoms with van der Waals surface area (Å²) in [4.78, 5) is 29.3. The van der Waals surface area contributed by atoms with Crippen LogP contribution in [0.3, 0.4) is 0 Å². The zero-order valence-electron chi connectivity index (χ0n) is 21.3. The van der Waals surface area contributed by atoms with Crippen LogP contribution in [0, 0.1) is 5.92 Å². The Balaban J connectivity index is 1.14. The van der Waals surface area contributed by atoms with Crippen molar-refractivity contribution in [3.63, 3.8) is 0 Å². The standard InChI is InChI=1S/C29H39N5O2/c35-29(31-23-8-2-1-3-9-23)36-19-24-16-22-12-15-34(24)18-25(22)27-17-26(20-6-4-5-7-20)32-28(33-27)21-10-13-30-14-11-21/h10-11,13-14,17,20,22-25H,1-9,12,15-16,18-19H2,(H,31,35). The van der Waals surface area contributed by atoms with Crippen LogP contribution in [0.2, 0.25) is 0 Å². The number of hydrogen-bond donors (Lipinski definition) is 1. The minimum atomic E-state index is -0.236. The van der Waals surface area contributed by atoms with Crippen LogP contribution >= 0.6 is 0 Å². The van der Waals surface area contributed by atoms with E-state index in [0.717, 1.165) is 43.7 Å². The molecule has 4 unspecified atom stereocenters. The molecule has 2 saturated carbocycles. The largest absolute Gasteiger partial charge is 0.448 e. The van der Waals surface area contributed by atoms with E-state index in [9.17, 15) is 4.79 Å². The van der Waals surface area contributed by atoms with Crippen LogP contribution in [0.4, 0.5) is 4.79 Å². The molecule has 2 bridgehead atoms. The Labute approximate surface area is 214 Å². The molecule has 5 aliphatic rings. The van der Waals surface area contributed by atoms with Crippen LogP contribution in [-0.4, -0.2) is 57.7 Å². The van der Waals surface area contributed by atoms with Gasteiger partial charge in [-0.1, -0.05) is 32.1 Å². The number of piperidine rings is 3. The van der Waals surface area contributed by atoms with Crippen molar-refractivity contribution < 1.29 is 9.53 Å². The number of nitrogens with zero attached hydrogens (tertiary/aromatic N) is 4. The summed E-state index contributed by atoms with van der Waals surface area (Å²) in [7, 11) is 0. The number of alkyl carbamates (subject to hydrolysis) is 1. The van der Waals surface area contributed by atoms with Crippen molar-refractivity contribution in [2.75, 3.05) is 19.7 Å². The second kappa shape index (κ2) is 10.8. The fourth-order valence-electron chi connectivity index (χ4n) is 7.01. The van der Waals surface area contributed by atoms with E-state index in [1.807, 2.05) is 24.5 Å². The first-order valence-corrected chi connectivity index (χ1v) is 14.2. The van der Waals surface area contributed by atoms with Crippen molar-refractivity contribution in [3.8, 4) is 11.4 Å². The summed E-state index contributed by atoms with van der Waals surface area (Å²) in [6, 6.07) is 6.95. The normalized spacial score (nSPS) is 28.8. The van der Waals surface area contributed by atoms with Crippen LogP contribution < -0.4 is 5.32 Å². The highest BCUT2D eigenvalue weighted by Gasteiger charge is 2.42. The molecule has 5 heterocycles. The minimum Gasteiger partial charge on any atom is -0.448 e. The van der Waals surface area contributed by atoms with Crippen LogP contribution in [0.1, 0.15) is 93.9 Å². The van der Waals surface area contributed by atoms with E-state index in [-0.39, 0.29) is 6.09 Å². The Bertz CT molecular complexity index is 1040. The van der Waals surface area contributed by atoms with E-state index in [1.54, 1.807) is 0 Å². The molecule has 7 nitrogen and oxygen atoms in total. The Morgan fingerprint density at radius 1 is 0.972 bits per heavy atom. The first-order chi connectivity index (χ1) is 17.7. The van der Waals surface area contributed by atoms with Crippen LogP contribution in [0.15, 0.2) is 30.6 Å². The Morgan fingerprint density at radius 3 is 2.47 bits per heavy atom. The maximum absolute atomic E-state index is 12.4. The molecular formula is C29H39N5O2. The summed E-state index contributed by atoms with van der Waals surface area (Å²) < 4.78 is 5.72. The third-order valence-corrected chi connectivity index (χ3v) is 9.07. The lowest BCUT2D eigenvalue weighted by Gasteiger charge is -2.49. The van der Waals surface area contributed by atoms with Gasteiger partial charge in [-0.2, -0.15) is 0 Å². The number of carbonyl (C=O) groups excluding carboxylic acids is 1. The molecule has 5 fully saturated rings. The molecule has 0 radical (unpaired) electrons. The molecule has 1 N–H and O–H groups in total. The first kappa shape index (κ1) is 23.8. The van der Waals surface area contributed by atoms with Gasteiger partial charge in [0.2, 0.25) is 0 Å². The Kier molecular flexibility index (Phi) is 7.17. The lowest BCUT2D eigenvalue weighted by atomic mass is 9.74. The second-order valence-electron chi connectivity index (χ2n) is 11.4. The van der Waals surface area contributed by atoms with Crippen molar-refractivity contribution in [2.24, 2.45) is 5.92 Å². The highest BCUT2D eigenvalue weighted by Crippen LogP contribution is 2.43. The van der Waals surface area contributed by atoms with Gasteiger partial charge in [-0.05, 0) is 69.2 Å². The molecule has 0 spiro atoms. The number of carbonyl (C=O) groups is 1. The smallest absolute Gasteiger partial charge is 0.407 e. The quantitative estimate of drug-likeness (QED) is 0.583. The van der Waals surface area contributed by atoms with Gasteiger partial charge in [-0.15, -0.1) is 0 Å². The van der Waals surface area contributed by atoms with E-state index in [2.05, 4.69) is 21.3 Å². The molecule has 36 heavy (non-hydrogen) atoms. The van der Waals surface area contributed by atoms with E-state index >= 15 is 0 Å². The predicted octanol–water partition coefficient (Wildman–Crippen LogP) is 5.43. The van der Waals surface area contributed by atoms with Crippen molar-refractivity contribution in [1.29, 1.82) is 0 Å². The van der Waals surface area contributed by atoms with Gasteiger partial charge >= 0.3 is 6.09 Å². The summed E-state index contributed by atoms with van der Waals surface area (Å²) in [5.41, 5.74) is 3.46. The fraction of sp³-hybridized carbons (Fsp3) is 0.655. The summed E-state index contributed by atoms with van der Waals surface area (Å²) in [5, 5.41) is 3.09. The molecule has 2 aliphatic carbocycles. The molecule has 2 aromatic heterocycles. The van der Waals surface area contributed by atoms with E-state index in [0.29, 0.717) is 36.4 Å². The number of amides is 1. The van der Waals surface area contributed by atoms with Gasteiger partial charge in [0.15, 0.2) is 5.82 Å². The number of rotatable bonds is 6.